The molecule has 0 bridgehead atoms. The maximum atomic E-state index is 12.8. The number of aliphatic hydroxyl groups is 1. The van der Waals surface area contributed by atoms with Crippen LogP contribution < -0.4 is 4.74 Å². The Kier molecular flexibility index (Phi) is 4.73. The molecule has 0 spiro atoms. The summed E-state index contributed by atoms with van der Waals surface area (Å²) in [5.74, 6) is -0.638. The van der Waals surface area contributed by atoms with E-state index in [-0.39, 0.29) is 37.1 Å². The van der Waals surface area contributed by atoms with Gasteiger partial charge >= 0.3 is 6.36 Å². The summed E-state index contributed by atoms with van der Waals surface area (Å²) in [4.78, 5) is -0.276. The molecule has 25 heavy (non-hydrogen) atoms. The molecule has 2 fully saturated rings. The lowest BCUT2D eigenvalue weighted by molar-refractivity contribution is -0.274. The number of benzene rings is 1. The van der Waals surface area contributed by atoms with E-state index in [1.54, 1.807) is 0 Å². The van der Waals surface area contributed by atoms with Crippen LogP contribution in [0.5, 0.6) is 5.75 Å². The average molecular weight is 381 g/mol. The van der Waals surface area contributed by atoms with Gasteiger partial charge in [-0.1, -0.05) is 6.07 Å². The van der Waals surface area contributed by atoms with E-state index in [2.05, 4.69) is 4.74 Å². The third-order valence-corrected chi connectivity index (χ3v) is 6.58. The van der Waals surface area contributed by atoms with Gasteiger partial charge in [-0.25, -0.2) is 8.42 Å². The van der Waals surface area contributed by atoms with Crippen LogP contribution in [0.15, 0.2) is 29.2 Å². The molecule has 2 saturated heterocycles. The maximum absolute atomic E-state index is 12.8. The van der Waals surface area contributed by atoms with Gasteiger partial charge in [-0.3, -0.25) is 0 Å². The van der Waals surface area contributed by atoms with Gasteiger partial charge in [0.05, 0.1) is 18.1 Å². The van der Waals surface area contributed by atoms with Crippen molar-refractivity contribution in [3.8, 4) is 5.75 Å². The fourth-order valence-corrected chi connectivity index (χ4v) is 5.05. The maximum Gasteiger partial charge on any atom is 0.573 e. The molecule has 0 saturated carbocycles. The monoisotopic (exact) mass is 381 g/mol. The fraction of sp³-hybridized carbons (Fsp3) is 0.600. The number of hydrogen-bond donors (Lipinski definition) is 1. The van der Waals surface area contributed by atoms with Gasteiger partial charge in [-0.2, -0.15) is 4.31 Å². The second-order valence-corrected chi connectivity index (χ2v) is 8.32. The Morgan fingerprint density at radius 2 is 2.16 bits per heavy atom. The molecule has 3 rings (SSSR count). The standard InChI is InChI=1S/C15H18F3NO5S/c16-15(17,18)24-12-2-1-3-13(6-12)25(21,22)19-7-11-4-5-23-10-14(11,8-19)9-20/h1-3,6,11,20H,4-5,7-10H2/t11-,14+/m0/s1. The quantitative estimate of drug-likeness (QED) is 0.858. The molecule has 10 heteroatoms. The van der Waals surface area contributed by atoms with Crippen LogP contribution in [0.3, 0.4) is 0 Å². The van der Waals surface area contributed by atoms with Crippen molar-refractivity contribution in [3.05, 3.63) is 24.3 Å². The van der Waals surface area contributed by atoms with Gasteiger partial charge in [0, 0.05) is 31.2 Å². The van der Waals surface area contributed by atoms with E-state index in [9.17, 15) is 26.7 Å². The first-order chi connectivity index (χ1) is 11.7. The van der Waals surface area contributed by atoms with Crippen LogP contribution in [0.1, 0.15) is 6.42 Å². The predicted molar refractivity (Wildman–Crippen MR) is 80.3 cm³/mol. The zero-order chi connectivity index (χ0) is 18.3. The summed E-state index contributed by atoms with van der Waals surface area (Å²) in [5, 5.41) is 9.73. The van der Waals surface area contributed by atoms with E-state index in [1.807, 2.05) is 0 Å². The highest BCUT2D eigenvalue weighted by atomic mass is 32.2. The van der Waals surface area contributed by atoms with Gasteiger partial charge < -0.3 is 14.6 Å². The number of nitrogens with zero attached hydrogens (tertiary/aromatic N) is 1. The molecule has 1 aromatic carbocycles. The van der Waals surface area contributed by atoms with E-state index in [0.717, 1.165) is 12.1 Å². The first kappa shape index (κ1) is 18.4. The Morgan fingerprint density at radius 1 is 1.40 bits per heavy atom. The molecule has 0 amide bonds. The highest BCUT2D eigenvalue weighted by molar-refractivity contribution is 7.89. The Hall–Kier alpha value is -1.36. The van der Waals surface area contributed by atoms with Crippen LogP contribution >= 0.6 is 0 Å². The molecule has 140 valence electrons. The third kappa shape index (κ3) is 3.62. The second-order valence-electron chi connectivity index (χ2n) is 6.38. The Labute approximate surface area is 143 Å². The van der Waals surface area contributed by atoms with Gasteiger partial charge in [-0.05, 0) is 24.5 Å². The molecule has 0 aliphatic carbocycles. The molecule has 2 atom stereocenters. The summed E-state index contributed by atoms with van der Waals surface area (Å²) in [6.07, 6.45) is -4.27. The van der Waals surface area contributed by atoms with Gasteiger partial charge in [-0.15, -0.1) is 13.2 Å². The number of halogens is 3. The molecule has 2 heterocycles. The van der Waals surface area contributed by atoms with E-state index in [1.165, 1.54) is 16.4 Å². The zero-order valence-electron chi connectivity index (χ0n) is 13.2. The van der Waals surface area contributed by atoms with Crippen molar-refractivity contribution < 1.29 is 36.2 Å². The van der Waals surface area contributed by atoms with E-state index >= 15 is 0 Å². The number of hydrogen-bond acceptors (Lipinski definition) is 5. The van der Waals surface area contributed by atoms with Gasteiger partial charge in [0.15, 0.2) is 0 Å². The van der Waals surface area contributed by atoms with Crippen LogP contribution in [0.4, 0.5) is 13.2 Å². The molecule has 0 aromatic heterocycles. The summed E-state index contributed by atoms with van der Waals surface area (Å²) < 4.78 is 73.1. The van der Waals surface area contributed by atoms with Crippen LogP contribution in [-0.2, 0) is 14.8 Å². The van der Waals surface area contributed by atoms with E-state index < -0.39 is 27.6 Å². The number of sulfonamides is 1. The minimum atomic E-state index is -4.90. The summed E-state index contributed by atoms with van der Waals surface area (Å²) in [5.41, 5.74) is -0.661. The predicted octanol–water partition coefficient (Wildman–Crippen LogP) is 1.60. The second kappa shape index (κ2) is 6.42. The number of fused-ring (bicyclic) bond motifs is 1. The number of aliphatic hydroxyl groups excluding tert-OH is 1. The number of rotatable bonds is 4. The molecule has 1 N–H and O–H groups in total. The summed E-state index contributed by atoms with van der Waals surface area (Å²) in [6, 6.07) is 4.32. The first-order valence-electron chi connectivity index (χ1n) is 7.71. The van der Waals surface area contributed by atoms with Crippen LogP contribution in [-0.4, -0.2) is 57.1 Å². The van der Waals surface area contributed by atoms with Gasteiger partial charge in [0.1, 0.15) is 5.75 Å². The van der Waals surface area contributed by atoms with Crippen molar-refractivity contribution in [1.82, 2.24) is 4.31 Å². The Morgan fingerprint density at radius 3 is 2.80 bits per heavy atom. The van der Waals surface area contributed by atoms with Gasteiger partial charge in [0.2, 0.25) is 10.0 Å². The zero-order valence-corrected chi connectivity index (χ0v) is 14.0. The number of ether oxygens (including phenoxy) is 2. The van der Waals surface area contributed by atoms with Crippen molar-refractivity contribution in [3.63, 3.8) is 0 Å². The van der Waals surface area contributed by atoms with Crippen molar-refractivity contribution in [2.24, 2.45) is 11.3 Å². The summed E-state index contributed by atoms with van der Waals surface area (Å²) in [7, 11) is -4.00. The fourth-order valence-electron chi connectivity index (χ4n) is 3.44. The minimum absolute atomic E-state index is 0.0457. The highest BCUT2D eigenvalue weighted by Crippen LogP contribution is 2.43. The van der Waals surface area contributed by atoms with Crippen molar-refractivity contribution in [2.75, 3.05) is 32.9 Å². The SMILES string of the molecule is O=S(=O)(c1cccc(OC(F)(F)F)c1)N1C[C@@H]2CCOC[C@]2(CO)C1. The van der Waals surface area contributed by atoms with Crippen LogP contribution in [0.25, 0.3) is 0 Å². The summed E-state index contributed by atoms with van der Waals surface area (Å²) in [6.45, 7) is 0.824. The number of alkyl halides is 3. The molecule has 0 radical (unpaired) electrons. The van der Waals surface area contributed by atoms with Crippen LogP contribution in [0.2, 0.25) is 0 Å². The third-order valence-electron chi connectivity index (χ3n) is 4.77. The first-order valence-corrected chi connectivity index (χ1v) is 9.15. The molecule has 6 nitrogen and oxygen atoms in total. The van der Waals surface area contributed by atoms with Crippen LogP contribution in [0, 0.1) is 11.3 Å². The Bertz CT molecular complexity index is 739. The van der Waals surface area contributed by atoms with E-state index in [0.29, 0.717) is 13.0 Å². The molecule has 2 aliphatic rings. The van der Waals surface area contributed by atoms with E-state index in [4.69, 9.17) is 4.74 Å². The normalized spacial score (nSPS) is 27.9. The average Bonchev–Trinajstić information content (AvgIpc) is 2.94. The topological polar surface area (TPSA) is 76.1 Å². The molecule has 1 aromatic rings. The molecule has 2 aliphatic heterocycles. The Balaban J connectivity index is 1.86. The lowest BCUT2D eigenvalue weighted by Crippen LogP contribution is -2.43. The smallest absolute Gasteiger partial charge is 0.406 e. The molecule has 0 unspecified atom stereocenters. The molecular weight excluding hydrogens is 363 g/mol. The van der Waals surface area contributed by atoms with Crippen molar-refractivity contribution in [1.29, 1.82) is 0 Å². The lowest BCUT2D eigenvalue weighted by Gasteiger charge is -2.36. The van der Waals surface area contributed by atoms with Gasteiger partial charge in [0.25, 0.3) is 0 Å². The molecular formula is C15H18F3NO5S. The van der Waals surface area contributed by atoms with Crippen molar-refractivity contribution >= 4 is 10.0 Å². The minimum Gasteiger partial charge on any atom is -0.406 e. The largest absolute Gasteiger partial charge is 0.573 e. The highest BCUT2D eigenvalue weighted by Gasteiger charge is 2.51. The lowest BCUT2D eigenvalue weighted by atomic mass is 9.76. The summed E-state index contributed by atoms with van der Waals surface area (Å²) >= 11 is 0. The van der Waals surface area contributed by atoms with Crippen molar-refractivity contribution in [2.45, 2.75) is 17.7 Å².